The van der Waals surface area contributed by atoms with Gasteiger partial charge in [-0.3, -0.25) is 14.3 Å². The molecular weight excluding hydrogens is 630 g/mol. The molecule has 0 atom stereocenters. The van der Waals surface area contributed by atoms with E-state index in [1.807, 2.05) is 92.8 Å². The molecule has 0 aliphatic carbocycles. The van der Waals surface area contributed by atoms with Gasteiger partial charge in [-0.2, -0.15) is 10.1 Å². The monoisotopic (exact) mass is 649 g/mol. The highest BCUT2D eigenvalue weighted by Crippen LogP contribution is 2.35. The van der Waals surface area contributed by atoms with Gasteiger partial charge in [0.05, 0.1) is 22.5 Å². The number of para-hydroxylation sites is 1. The minimum absolute atomic E-state index is 0.250. The first-order chi connectivity index (χ1) is 18.3. The quantitative estimate of drug-likeness (QED) is 0.179. The van der Waals surface area contributed by atoms with Crippen molar-refractivity contribution in [1.29, 1.82) is 0 Å². The largest absolute Gasteiger partial charge is 0.297 e. The molecule has 4 aromatic rings. The Morgan fingerprint density at radius 1 is 0.842 bits per heavy atom. The van der Waals surface area contributed by atoms with E-state index < -0.39 is 0 Å². The number of nitrogens with zero attached hydrogens (tertiary/aromatic N) is 5. The van der Waals surface area contributed by atoms with E-state index in [0.717, 1.165) is 25.8 Å². The van der Waals surface area contributed by atoms with Gasteiger partial charge in [-0.25, -0.2) is 9.67 Å². The number of amides is 1. The Morgan fingerprint density at radius 2 is 1.45 bits per heavy atom. The van der Waals surface area contributed by atoms with Crippen molar-refractivity contribution in [2.24, 2.45) is 17.1 Å². The van der Waals surface area contributed by atoms with Gasteiger partial charge in [0, 0.05) is 16.0 Å². The van der Waals surface area contributed by atoms with Gasteiger partial charge in [0.1, 0.15) is 0 Å². The predicted molar refractivity (Wildman–Crippen MR) is 161 cm³/mol. The van der Waals surface area contributed by atoms with Crippen LogP contribution in [0.3, 0.4) is 0 Å². The number of carbonyl (C=O) groups is 1. The van der Waals surface area contributed by atoms with Gasteiger partial charge in [-0.15, -0.1) is 0 Å². The summed E-state index contributed by atoms with van der Waals surface area (Å²) in [7, 11) is 1.81. The van der Waals surface area contributed by atoms with Crippen LogP contribution in [0.2, 0.25) is 0 Å². The van der Waals surface area contributed by atoms with Crippen molar-refractivity contribution in [3.05, 3.63) is 120 Å². The molecule has 0 radical (unpaired) electrons. The van der Waals surface area contributed by atoms with E-state index in [9.17, 15) is 9.59 Å². The molecule has 0 spiro atoms. The minimum atomic E-state index is -0.318. The van der Waals surface area contributed by atoms with Gasteiger partial charge in [0.25, 0.3) is 11.5 Å². The molecule has 38 heavy (non-hydrogen) atoms. The molecule has 0 unspecified atom stereocenters. The van der Waals surface area contributed by atoms with E-state index in [4.69, 9.17) is 0 Å². The van der Waals surface area contributed by atoms with E-state index in [1.54, 1.807) is 21.7 Å². The summed E-state index contributed by atoms with van der Waals surface area (Å²) in [6.45, 7) is 1.83. The second-order valence-electron chi connectivity index (χ2n) is 8.38. The zero-order chi connectivity index (χ0) is 26.8. The molecule has 5 rings (SSSR count). The van der Waals surface area contributed by atoms with Gasteiger partial charge in [-0.1, -0.05) is 74.3 Å². The first kappa shape index (κ1) is 26.1. The van der Waals surface area contributed by atoms with E-state index in [2.05, 4.69) is 42.0 Å². The molecule has 1 amide bonds. The van der Waals surface area contributed by atoms with Gasteiger partial charge in [0.15, 0.2) is 10.9 Å². The number of carbonyl (C=O) groups excluding carboxylic acids is 1. The number of aromatic nitrogens is 2. The van der Waals surface area contributed by atoms with E-state index in [-0.39, 0.29) is 17.2 Å². The summed E-state index contributed by atoms with van der Waals surface area (Å²) in [6.07, 6.45) is 3.40. The molecule has 0 bridgehead atoms. The number of rotatable bonds is 5. The summed E-state index contributed by atoms with van der Waals surface area (Å²) in [5.41, 5.74) is 3.05. The van der Waals surface area contributed by atoms with Crippen molar-refractivity contribution >= 4 is 72.7 Å². The maximum absolute atomic E-state index is 13.5. The SMILES string of the molecule is Cc1c(N=C2S/C(=C\c3ccc(Br)cc3)C(=O)N2/N=C\c2ccc(Br)cc2)c(=O)n(-c2ccccc2)n1C. The van der Waals surface area contributed by atoms with Crippen LogP contribution in [0.15, 0.2) is 108 Å². The fraction of sp³-hybridized carbons (Fsp3) is 0.0714. The van der Waals surface area contributed by atoms with Crippen LogP contribution in [0.5, 0.6) is 0 Å². The number of benzene rings is 3. The molecule has 1 aromatic heterocycles. The summed E-state index contributed by atoms with van der Waals surface area (Å²) < 4.78 is 5.21. The van der Waals surface area contributed by atoms with E-state index in [0.29, 0.717) is 15.8 Å². The topological polar surface area (TPSA) is 72.0 Å². The third kappa shape index (κ3) is 5.38. The summed E-state index contributed by atoms with van der Waals surface area (Å²) >= 11 is 8.04. The highest BCUT2D eigenvalue weighted by Gasteiger charge is 2.34. The first-order valence-corrected chi connectivity index (χ1v) is 13.9. The van der Waals surface area contributed by atoms with Crippen molar-refractivity contribution in [2.45, 2.75) is 6.92 Å². The van der Waals surface area contributed by atoms with E-state index >= 15 is 0 Å². The molecule has 2 heterocycles. The zero-order valence-corrected chi connectivity index (χ0v) is 24.4. The number of hydrazone groups is 1. The molecule has 3 aromatic carbocycles. The fourth-order valence-electron chi connectivity index (χ4n) is 3.80. The number of amidine groups is 1. The molecule has 10 heteroatoms. The molecule has 1 aliphatic rings. The molecule has 1 fully saturated rings. The van der Waals surface area contributed by atoms with Crippen LogP contribution >= 0.6 is 43.6 Å². The number of aliphatic imine (C=N–C) groups is 1. The van der Waals surface area contributed by atoms with E-state index in [1.165, 1.54) is 16.8 Å². The van der Waals surface area contributed by atoms with Crippen LogP contribution in [0.1, 0.15) is 16.8 Å². The Hall–Kier alpha value is -3.47. The maximum atomic E-state index is 13.5. The van der Waals surface area contributed by atoms with Gasteiger partial charge in [-0.05, 0) is 72.3 Å². The molecule has 0 N–H and O–H groups in total. The highest BCUT2D eigenvalue weighted by atomic mass is 79.9. The number of halogens is 2. The minimum Gasteiger partial charge on any atom is -0.283 e. The lowest BCUT2D eigenvalue weighted by atomic mass is 10.2. The Bertz CT molecular complexity index is 1650. The van der Waals surface area contributed by atoms with Crippen LogP contribution in [0, 0.1) is 6.92 Å². The van der Waals surface area contributed by atoms with Crippen molar-refractivity contribution in [3.63, 3.8) is 0 Å². The van der Waals surface area contributed by atoms with Crippen LogP contribution < -0.4 is 5.56 Å². The predicted octanol–water partition coefficient (Wildman–Crippen LogP) is 6.65. The summed E-state index contributed by atoms with van der Waals surface area (Å²) in [5, 5.41) is 6.01. The summed E-state index contributed by atoms with van der Waals surface area (Å²) in [6, 6.07) is 24.6. The number of hydrogen-bond acceptors (Lipinski definition) is 5. The average molecular weight is 651 g/mol. The fourth-order valence-corrected chi connectivity index (χ4v) is 5.25. The standard InChI is InChI=1S/C28H21Br2N5O2S/c1-18-25(27(37)35(33(18)2)23-6-4-3-5-7-23)32-28-34(31-17-20-10-14-22(30)15-11-20)26(36)24(38-28)16-19-8-12-21(29)13-9-19/h3-17H,1-2H3/b24-16-,31-17-,32-28?. The highest BCUT2D eigenvalue weighted by molar-refractivity contribution is 9.10. The van der Waals surface area contributed by atoms with Crippen LogP contribution in [0.25, 0.3) is 11.8 Å². The Morgan fingerprint density at radius 3 is 2.08 bits per heavy atom. The second-order valence-corrected chi connectivity index (χ2v) is 11.2. The summed E-state index contributed by atoms with van der Waals surface area (Å²) in [5.74, 6) is -0.318. The lowest BCUT2D eigenvalue weighted by Gasteiger charge is -2.08. The normalized spacial score (nSPS) is 15.9. The second kappa shape index (κ2) is 11.1. The Labute approximate surface area is 240 Å². The third-order valence-corrected chi connectivity index (χ3v) is 7.89. The smallest absolute Gasteiger partial charge is 0.283 e. The van der Waals surface area contributed by atoms with Crippen LogP contribution in [-0.2, 0) is 11.8 Å². The van der Waals surface area contributed by atoms with Crippen LogP contribution in [-0.4, -0.2) is 31.7 Å². The van der Waals surface area contributed by atoms with Crippen LogP contribution in [0.4, 0.5) is 5.69 Å². The molecular formula is C28H21Br2N5O2S. The summed E-state index contributed by atoms with van der Waals surface area (Å²) in [4.78, 5) is 32.1. The lowest BCUT2D eigenvalue weighted by Crippen LogP contribution is -2.24. The molecule has 190 valence electrons. The molecule has 1 saturated heterocycles. The van der Waals surface area contributed by atoms with Gasteiger partial charge >= 0.3 is 0 Å². The average Bonchev–Trinajstić information content (AvgIpc) is 3.32. The number of hydrogen-bond donors (Lipinski definition) is 0. The third-order valence-electron chi connectivity index (χ3n) is 5.88. The van der Waals surface area contributed by atoms with Crippen molar-refractivity contribution in [2.75, 3.05) is 0 Å². The Balaban J connectivity index is 1.59. The maximum Gasteiger partial charge on any atom is 0.297 e. The Kier molecular flexibility index (Phi) is 7.64. The van der Waals surface area contributed by atoms with Crippen molar-refractivity contribution < 1.29 is 4.79 Å². The van der Waals surface area contributed by atoms with Crippen molar-refractivity contribution in [1.82, 2.24) is 14.4 Å². The molecule has 1 aliphatic heterocycles. The zero-order valence-electron chi connectivity index (χ0n) is 20.4. The molecule has 7 nitrogen and oxygen atoms in total. The van der Waals surface area contributed by atoms with Crippen molar-refractivity contribution in [3.8, 4) is 5.69 Å². The molecule has 0 saturated carbocycles. The van der Waals surface area contributed by atoms with Gasteiger partial charge < -0.3 is 0 Å². The lowest BCUT2D eigenvalue weighted by molar-refractivity contribution is -0.122. The van der Waals surface area contributed by atoms with Gasteiger partial charge in [0.2, 0.25) is 0 Å². The number of thioether (sulfide) groups is 1. The first-order valence-electron chi connectivity index (χ1n) is 11.5.